The van der Waals surface area contributed by atoms with Gasteiger partial charge in [0.1, 0.15) is 0 Å². The molecule has 0 spiro atoms. The maximum absolute atomic E-state index is 2.41. The lowest BCUT2D eigenvalue weighted by atomic mass is 10.0. The van der Waals surface area contributed by atoms with Crippen LogP contribution < -0.4 is 0 Å². The van der Waals surface area contributed by atoms with Crippen LogP contribution in [-0.2, 0) is 13.0 Å². The Morgan fingerprint density at radius 2 is 1.80 bits per heavy atom. The van der Waals surface area contributed by atoms with Gasteiger partial charge in [-0.1, -0.05) is 30.3 Å². The minimum Gasteiger partial charge on any atom is -0.351 e. The average Bonchev–Trinajstić information content (AvgIpc) is 2.74. The predicted octanol–water partition coefficient (Wildman–Crippen LogP) is 3.49. The van der Waals surface area contributed by atoms with E-state index in [1.54, 1.807) is 0 Å². The molecule has 15 heavy (non-hydrogen) atoms. The van der Waals surface area contributed by atoms with Gasteiger partial charge in [0, 0.05) is 24.0 Å². The molecule has 0 amide bonds. The Bertz CT molecular complexity index is 453. The SMILES string of the molecule is c1ccc(-c2ccn3c2CCCC3)cc1. The minimum absolute atomic E-state index is 1.20. The van der Waals surface area contributed by atoms with Crippen molar-refractivity contribution in [3.8, 4) is 11.1 Å². The van der Waals surface area contributed by atoms with Gasteiger partial charge < -0.3 is 4.57 Å². The van der Waals surface area contributed by atoms with Crippen LogP contribution in [0.5, 0.6) is 0 Å². The number of hydrogen-bond acceptors (Lipinski definition) is 0. The summed E-state index contributed by atoms with van der Waals surface area (Å²) in [5.41, 5.74) is 4.30. The largest absolute Gasteiger partial charge is 0.351 e. The average molecular weight is 197 g/mol. The number of hydrogen-bond donors (Lipinski definition) is 0. The standard InChI is InChI=1S/C14H15N/c1-2-6-12(7-3-1)13-9-11-15-10-5-4-8-14(13)15/h1-3,6-7,9,11H,4-5,8,10H2. The van der Waals surface area contributed by atoms with Gasteiger partial charge >= 0.3 is 0 Å². The molecule has 76 valence electrons. The fourth-order valence-electron chi connectivity index (χ4n) is 2.45. The molecule has 3 rings (SSSR count). The van der Waals surface area contributed by atoms with Crippen LogP contribution in [0.4, 0.5) is 0 Å². The molecule has 0 fully saturated rings. The van der Waals surface area contributed by atoms with Crippen molar-refractivity contribution in [2.45, 2.75) is 25.8 Å². The Morgan fingerprint density at radius 3 is 2.67 bits per heavy atom. The fourth-order valence-corrected chi connectivity index (χ4v) is 2.45. The summed E-state index contributed by atoms with van der Waals surface area (Å²) in [4.78, 5) is 0. The molecule has 2 aromatic rings. The van der Waals surface area contributed by atoms with E-state index in [1.807, 2.05) is 0 Å². The molecule has 0 aliphatic carbocycles. The maximum atomic E-state index is 2.41. The molecule has 0 atom stereocenters. The predicted molar refractivity (Wildman–Crippen MR) is 62.8 cm³/mol. The van der Waals surface area contributed by atoms with E-state index >= 15 is 0 Å². The van der Waals surface area contributed by atoms with E-state index in [4.69, 9.17) is 0 Å². The topological polar surface area (TPSA) is 4.93 Å². The van der Waals surface area contributed by atoms with Crippen LogP contribution in [0.3, 0.4) is 0 Å². The second-order valence-corrected chi connectivity index (χ2v) is 4.19. The van der Waals surface area contributed by atoms with E-state index in [2.05, 4.69) is 47.2 Å². The zero-order chi connectivity index (χ0) is 10.1. The van der Waals surface area contributed by atoms with Crippen molar-refractivity contribution < 1.29 is 0 Å². The molecule has 0 radical (unpaired) electrons. The third-order valence-electron chi connectivity index (χ3n) is 3.23. The molecule has 1 aliphatic heterocycles. The lowest BCUT2D eigenvalue weighted by molar-refractivity contribution is 0.534. The maximum Gasteiger partial charge on any atom is 0.0253 e. The number of fused-ring (bicyclic) bond motifs is 1. The monoisotopic (exact) mass is 197 g/mol. The third kappa shape index (κ3) is 1.48. The smallest absolute Gasteiger partial charge is 0.0253 e. The summed E-state index contributed by atoms with van der Waals surface area (Å²) < 4.78 is 2.41. The van der Waals surface area contributed by atoms with E-state index in [9.17, 15) is 0 Å². The van der Waals surface area contributed by atoms with Crippen molar-refractivity contribution in [2.24, 2.45) is 0 Å². The second-order valence-electron chi connectivity index (χ2n) is 4.19. The van der Waals surface area contributed by atoms with Crippen LogP contribution in [0.25, 0.3) is 11.1 Å². The first kappa shape index (κ1) is 8.78. The van der Waals surface area contributed by atoms with Crippen LogP contribution in [0.2, 0.25) is 0 Å². The molecule has 2 heterocycles. The van der Waals surface area contributed by atoms with Crippen LogP contribution in [0.15, 0.2) is 42.6 Å². The molecule has 1 aromatic heterocycles. The highest BCUT2D eigenvalue weighted by molar-refractivity contribution is 5.66. The highest BCUT2D eigenvalue weighted by Crippen LogP contribution is 2.28. The van der Waals surface area contributed by atoms with Crippen molar-refractivity contribution in [3.05, 3.63) is 48.3 Å². The van der Waals surface area contributed by atoms with Gasteiger partial charge in [0.05, 0.1) is 0 Å². The summed E-state index contributed by atoms with van der Waals surface area (Å²) in [6, 6.07) is 13.0. The number of aromatic nitrogens is 1. The lowest BCUT2D eigenvalue weighted by Crippen LogP contribution is -2.09. The van der Waals surface area contributed by atoms with Gasteiger partial charge in [0.15, 0.2) is 0 Å². The van der Waals surface area contributed by atoms with E-state index in [0.29, 0.717) is 0 Å². The van der Waals surface area contributed by atoms with Gasteiger partial charge in [0.2, 0.25) is 0 Å². The van der Waals surface area contributed by atoms with E-state index in [-0.39, 0.29) is 0 Å². The Kier molecular flexibility index (Phi) is 2.09. The lowest BCUT2D eigenvalue weighted by Gasteiger charge is -2.16. The number of benzene rings is 1. The number of aryl methyl sites for hydroxylation is 1. The van der Waals surface area contributed by atoms with E-state index < -0.39 is 0 Å². The van der Waals surface area contributed by atoms with Crippen LogP contribution in [0, 0.1) is 0 Å². The van der Waals surface area contributed by atoms with Gasteiger partial charge in [-0.3, -0.25) is 0 Å². The second kappa shape index (κ2) is 3.58. The van der Waals surface area contributed by atoms with E-state index in [1.165, 1.54) is 42.6 Å². The first-order valence-electron chi connectivity index (χ1n) is 5.68. The number of rotatable bonds is 1. The Balaban J connectivity index is 2.09. The highest BCUT2D eigenvalue weighted by atomic mass is 15.0. The zero-order valence-corrected chi connectivity index (χ0v) is 8.82. The molecule has 1 aromatic carbocycles. The van der Waals surface area contributed by atoms with Crippen LogP contribution >= 0.6 is 0 Å². The first-order valence-corrected chi connectivity index (χ1v) is 5.68. The first-order chi connectivity index (χ1) is 7.45. The zero-order valence-electron chi connectivity index (χ0n) is 8.82. The number of nitrogens with zero attached hydrogens (tertiary/aromatic N) is 1. The molecular formula is C14H15N. The summed E-state index contributed by atoms with van der Waals surface area (Å²) in [5, 5.41) is 0. The molecule has 1 aliphatic rings. The van der Waals surface area contributed by atoms with E-state index in [0.717, 1.165) is 0 Å². The molecule has 0 saturated heterocycles. The normalized spacial score (nSPS) is 14.9. The van der Waals surface area contributed by atoms with Gasteiger partial charge in [-0.15, -0.1) is 0 Å². The minimum atomic E-state index is 1.20. The van der Waals surface area contributed by atoms with Crippen molar-refractivity contribution in [2.75, 3.05) is 0 Å². The summed E-state index contributed by atoms with van der Waals surface area (Å²) in [6.45, 7) is 1.20. The molecular weight excluding hydrogens is 182 g/mol. The molecule has 0 bridgehead atoms. The summed E-state index contributed by atoms with van der Waals surface area (Å²) in [7, 11) is 0. The molecule has 1 nitrogen and oxygen atoms in total. The summed E-state index contributed by atoms with van der Waals surface area (Å²) in [6.07, 6.45) is 6.13. The van der Waals surface area contributed by atoms with Crippen molar-refractivity contribution in [1.82, 2.24) is 4.57 Å². The Hall–Kier alpha value is -1.50. The quantitative estimate of drug-likeness (QED) is 0.659. The van der Waals surface area contributed by atoms with Crippen molar-refractivity contribution in [3.63, 3.8) is 0 Å². The summed E-state index contributed by atoms with van der Waals surface area (Å²) >= 11 is 0. The molecule has 1 heteroatoms. The summed E-state index contributed by atoms with van der Waals surface area (Å²) in [5.74, 6) is 0. The molecule has 0 N–H and O–H groups in total. The third-order valence-corrected chi connectivity index (χ3v) is 3.23. The van der Waals surface area contributed by atoms with Gasteiger partial charge in [-0.05, 0) is 30.9 Å². The fraction of sp³-hybridized carbons (Fsp3) is 0.286. The van der Waals surface area contributed by atoms with Gasteiger partial charge in [0.25, 0.3) is 0 Å². The van der Waals surface area contributed by atoms with Crippen LogP contribution in [0.1, 0.15) is 18.5 Å². The van der Waals surface area contributed by atoms with Crippen molar-refractivity contribution in [1.29, 1.82) is 0 Å². The highest BCUT2D eigenvalue weighted by Gasteiger charge is 2.13. The molecule has 0 saturated carbocycles. The Labute approximate surface area is 90.4 Å². The van der Waals surface area contributed by atoms with Gasteiger partial charge in [-0.25, -0.2) is 0 Å². The van der Waals surface area contributed by atoms with Crippen molar-refractivity contribution >= 4 is 0 Å². The Morgan fingerprint density at radius 1 is 0.933 bits per heavy atom. The van der Waals surface area contributed by atoms with Gasteiger partial charge in [-0.2, -0.15) is 0 Å². The molecule has 0 unspecified atom stereocenters. The van der Waals surface area contributed by atoms with Crippen LogP contribution in [-0.4, -0.2) is 4.57 Å².